The SMILES string of the molecule is Cc1ccc(CN(C)C(C)CNCc2cccs2)cc1. The third-order valence-electron chi connectivity index (χ3n) is 3.62. The van der Waals surface area contributed by atoms with Gasteiger partial charge >= 0.3 is 0 Å². The summed E-state index contributed by atoms with van der Waals surface area (Å²) < 4.78 is 0. The highest BCUT2D eigenvalue weighted by Gasteiger charge is 2.09. The smallest absolute Gasteiger partial charge is 0.0300 e. The van der Waals surface area contributed by atoms with E-state index < -0.39 is 0 Å². The van der Waals surface area contributed by atoms with Crippen molar-refractivity contribution in [2.24, 2.45) is 0 Å². The Morgan fingerprint density at radius 2 is 1.95 bits per heavy atom. The molecule has 0 saturated heterocycles. The summed E-state index contributed by atoms with van der Waals surface area (Å²) in [6.45, 7) is 7.39. The quantitative estimate of drug-likeness (QED) is 0.836. The summed E-state index contributed by atoms with van der Waals surface area (Å²) >= 11 is 1.81. The van der Waals surface area contributed by atoms with E-state index >= 15 is 0 Å². The number of thiophene rings is 1. The van der Waals surface area contributed by atoms with Crippen molar-refractivity contribution in [2.45, 2.75) is 33.0 Å². The minimum atomic E-state index is 0.524. The summed E-state index contributed by atoms with van der Waals surface area (Å²) in [5.74, 6) is 0. The fourth-order valence-electron chi connectivity index (χ4n) is 2.11. The van der Waals surface area contributed by atoms with Gasteiger partial charge in [0.25, 0.3) is 0 Å². The first-order valence-electron chi connectivity index (χ1n) is 7.14. The van der Waals surface area contributed by atoms with Gasteiger partial charge in [-0.05, 0) is 37.9 Å². The number of rotatable bonds is 7. The van der Waals surface area contributed by atoms with E-state index in [9.17, 15) is 0 Å². The predicted molar refractivity (Wildman–Crippen MR) is 88.1 cm³/mol. The topological polar surface area (TPSA) is 15.3 Å². The number of aryl methyl sites for hydroxylation is 1. The van der Waals surface area contributed by atoms with E-state index in [0.29, 0.717) is 6.04 Å². The Morgan fingerprint density at radius 3 is 2.60 bits per heavy atom. The molecule has 0 radical (unpaired) electrons. The first-order valence-corrected chi connectivity index (χ1v) is 8.02. The van der Waals surface area contributed by atoms with E-state index in [1.807, 2.05) is 11.3 Å². The third-order valence-corrected chi connectivity index (χ3v) is 4.50. The van der Waals surface area contributed by atoms with E-state index in [0.717, 1.165) is 19.6 Å². The summed E-state index contributed by atoms with van der Waals surface area (Å²) in [6.07, 6.45) is 0. The van der Waals surface area contributed by atoms with E-state index in [2.05, 4.69) is 72.9 Å². The van der Waals surface area contributed by atoms with Crippen LogP contribution in [0, 0.1) is 6.92 Å². The maximum absolute atomic E-state index is 3.53. The molecule has 108 valence electrons. The highest BCUT2D eigenvalue weighted by Crippen LogP contribution is 2.09. The Hall–Kier alpha value is -1.16. The van der Waals surface area contributed by atoms with Crippen molar-refractivity contribution < 1.29 is 0 Å². The maximum atomic E-state index is 3.53. The van der Waals surface area contributed by atoms with E-state index in [1.165, 1.54) is 16.0 Å². The van der Waals surface area contributed by atoms with Crippen LogP contribution in [-0.4, -0.2) is 24.5 Å². The molecule has 1 unspecified atom stereocenters. The molecule has 0 aliphatic rings. The Kier molecular flexibility index (Phi) is 5.77. The third kappa shape index (κ3) is 4.75. The van der Waals surface area contributed by atoms with Gasteiger partial charge in [0.1, 0.15) is 0 Å². The zero-order chi connectivity index (χ0) is 14.4. The van der Waals surface area contributed by atoms with E-state index in [1.54, 1.807) is 0 Å². The van der Waals surface area contributed by atoms with Crippen LogP contribution in [0.25, 0.3) is 0 Å². The van der Waals surface area contributed by atoms with Crippen molar-refractivity contribution in [1.29, 1.82) is 0 Å². The van der Waals surface area contributed by atoms with Crippen molar-refractivity contribution in [3.8, 4) is 0 Å². The Morgan fingerprint density at radius 1 is 1.20 bits per heavy atom. The van der Waals surface area contributed by atoms with Gasteiger partial charge in [-0.3, -0.25) is 4.90 Å². The minimum absolute atomic E-state index is 0.524. The fraction of sp³-hybridized carbons (Fsp3) is 0.412. The lowest BCUT2D eigenvalue weighted by molar-refractivity contribution is 0.242. The summed E-state index contributed by atoms with van der Waals surface area (Å²) in [4.78, 5) is 3.80. The summed E-state index contributed by atoms with van der Waals surface area (Å²) in [7, 11) is 2.19. The number of benzene rings is 1. The van der Waals surface area contributed by atoms with Crippen LogP contribution in [-0.2, 0) is 13.1 Å². The normalized spacial score (nSPS) is 12.8. The molecule has 2 aromatic rings. The molecule has 1 aromatic heterocycles. The summed E-state index contributed by atoms with van der Waals surface area (Å²) in [5.41, 5.74) is 2.70. The van der Waals surface area contributed by atoms with Crippen LogP contribution < -0.4 is 5.32 Å². The Balaban J connectivity index is 1.73. The lowest BCUT2D eigenvalue weighted by Gasteiger charge is -2.25. The number of hydrogen-bond acceptors (Lipinski definition) is 3. The van der Waals surface area contributed by atoms with Crippen LogP contribution in [0.15, 0.2) is 41.8 Å². The molecule has 1 aromatic carbocycles. The molecule has 0 saturated carbocycles. The summed E-state index contributed by atoms with van der Waals surface area (Å²) in [5, 5.41) is 5.66. The number of hydrogen-bond donors (Lipinski definition) is 1. The zero-order valence-electron chi connectivity index (χ0n) is 12.6. The average molecular weight is 288 g/mol. The van der Waals surface area contributed by atoms with Gasteiger partial charge in [0, 0.05) is 30.6 Å². The van der Waals surface area contributed by atoms with Crippen molar-refractivity contribution in [3.63, 3.8) is 0 Å². The van der Waals surface area contributed by atoms with Crippen LogP contribution in [0.5, 0.6) is 0 Å². The number of nitrogens with zero attached hydrogens (tertiary/aromatic N) is 1. The van der Waals surface area contributed by atoms with Crippen LogP contribution in [0.4, 0.5) is 0 Å². The molecule has 2 nitrogen and oxygen atoms in total. The predicted octanol–water partition coefficient (Wildman–Crippen LogP) is 3.67. The fourth-order valence-corrected chi connectivity index (χ4v) is 2.79. The molecule has 0 aliphatic heterocycles. The molecule has 0 amide bonds. The van der Waals surface area contributed by atoms with Crippen LogP contribution in [0.1, 0.15) is 22.9 Å². The van der Waals surface area contributed by atoms with E-state index in [-0.39, 0.29) is 0 Å². The van der Waals surface area contributed by atoms with Crippen molar-refractivity contribution in [1.82, 2.24) is 10.2 Å². The maximum Gasteiger partial charge on any atom is 0.0300 e. The highest BCUT2D eigenvalue weighted by molar-refractivity contribution is 7.09. The molecule has 0 bridgehead atoms. The van der Waals surface area contributed by atoms with Gasteiger partial charge in [0.05, 0.1) is 0 Å². The highest BCUT2D eigenvalue weighted by atomic mass is 32.1. The van der Waals surface area contributed by atoms with Gasteiger partial charge in [-0.15, -0.1) is 11.3 Å². The van der Waals surface area contributed by atoms with Gasteiger partial charge in [0.2, 0.25) is 0 Å². The molecule has 20 heavy (non-hydrogen) atoms. The second kappa shape index (κ2) is 7.58. The monoisotopic (exact) mass is 288 g/mol. The molecule has 2 rings (SSSR count). The van der Waals surface area contributed by atoms with Crippen LogP contribution >= 0.6 is 11.3 Å². The van der Waals surface area contributed by atoms with Crippen molar-refractivity contribution in [2.75, 3.05) is 13.6 Å². The van der Waals surface area contributed by atoms with Gasteiger partial charge in [-0.2, -0.15) is 0 Å². The molecule has 0 spiro atoms. The van der Waals surface area contributed by atoms with Gasteiger partial charge in [-0.25, -0.2) is 0 Å². The average Bonchev–Trinajstić information content (AvgIpc) is 2.94. The molecular formula is C17H24N2S. The second-order valence-corrected chi connectivity index (χ2v) is 6.49. The molecule has 0 fully saturated rings. The number of likely N-dealkylation sites (N-methyl/N-ethyl adjacent to an activating group) is 1. The Bertz CT molecular complexity index is 490. The number of nitrogens with one attached hydrogen (secondary N) is 1. The van der Waals surface area contributed by atoms with Crippen molar-refractivity contribution >= 4 is 11.3 Å². The lowest BCUT2D eigenvalue weighted by atomic mass is 10.1. The largest absolute Gasteiger partial charge is 0.310 e. The van der Waals surface area contributed by atoms with Crippen LogP contribution in [0.2, 0.25) is 0 Å². The van der Waals surface area contributed by atoms with Crippen LogP contribution in [0.3, 0.4) is 0 Å². The first kappa shape index (κ1) is 15.2. The van der Waals surface area contributed by atoms with E-state index in [4.69, 9.17) is 0 Å². The second-order valence-electron chi connectivity index (χ2n) is 5.46. The minimum Gasteiger partial charge on any atom is -0.310 e. The molecular weight excluding hydrogens is 264 g/mol. The van der Waals surface area contributed by atoms with Gasteiger partial charge in [0.15, 0.2) is 0 Å². The van der Waals surface area contributed by atoms with Gasteiger partial charge < -0.3 is 5.32 Å². The molecule has 1 atom stereocenters. The summed E-state index contributed by atoms with van der Waals surface area (Å²) in [6, 6.07) is 13.6. The molecule has 1 N–H and O–H groups in total. The zero-order valence-corrected chi connectivity index (χ0v) is 13.4. The standard InChI is InChI=1S/C17H24N2S/c1-14-6-8-16(9-7-14)13-19(3)15(2)11-18-12-17-5-4-10-20-17/h4-10,15,18H,11-13H2,1-3H3. The molecule has 0 aliphatic carbocycles. The molecule has 3 heteroatoms. The van der Waals surface area contributed by atoms with Gasteiger partial charge in [-0.1, -0.05) is 35.9 Å². The Labute approximate surface area is 126 Å². The molecule has 1 heterocycles. The lowest BCUT2D eigenvalue weighted by Crippen LogP contribution is -2.37. The van der Waals surface area contributed by atoms with Crippen molar-refractivity contribution in [3.05, 3.63) is 57.8 Å². The first-order chi connectivity index (χ1) is 9.65.